The van der Waals surface area contributed by atoms with E-state index in [1.54, 1.807) is 0 Å². The molecule has 1 aliphatic rings. The van der Waals surface area contributed by atoms with Crippen molar-refractivity contribution in [3.8, 4) is 0 Å². The highest BCUT2D eigenvalue weighted by Crippen LogP contribution is 2.13. The van der Waals surface area contributed by atoms with Crippen LogP contribution in [0, 0.1) is 0 Å². The second-order valence-corrected chi connectivity index (χ2v) is 4.97. The van der Waals surface area contributed by atoms with Crippen LogP contribution < -0.4 is 0 Å². The Morgan fingerprint density at radius 3 is 2.29 bits per heavy atom. The third-order valence-electron chi connectivity index (χ3n) is 2.60. The summed E-state index contributed by atoms with van der Waals surface area (Å²) in [5.41, 5.74) is 0.945. The number of hydrogen-bond donors (Lipinski definition) is 0. The standard InChI is InChI=1S/C12H12ClNOS2/c13-10-3-1-9(2-4-10)11(16)12(17)14-5-7-15-8-6-14/h1-4H,5-8H2. The van der Waals surface area contributed by atoms with Crippen LogP contribution in [0.4, 0.5) is 0 Å². The fourth-order valence-electron chi connectivity index (χ4n) is 1.63. The minimum absolute atomic E-state index is 0.703. The van der Waals surface area contributed by atoms with Gasteiger partial charge in [-0.2, -0.15) is 0 Å². The third-order valence-corrected chi connectivity index (χ3v) is 3.87. The molecule has 0 saturated carbocycles. The first kappa shape index (κ1) is 12.9. The van der Waals surface area contributed by atoms with Gasteiger partial charge in [0.05, 0.1) is 18.1 Å². The SMILES string of the molecule is S=C(C(=S)N1CCOCC1)c1ccc(Cl)cc1. The first-order valence-electron chi connectivity index (χ1n) is 5.35. The van der Waals surface area contributed by atoms with Crippen molar-refractivity contribution in [1.29, 1.82) is 0 Å². The Kier molecular flexibility index (Phi) is 4.45. The van der Waals surface area contributed by atoms with Crippen LogP contribution in [0.1, 0.15) is 5.56 Å². The Bertz CT molecular complexity index is 427. The molecule has 0 aromatic heterocycles. The van der Waals surface area contributed by atoms with E-state index in [4.69, 9.17) is 40.8 Å². The zero-order valence-electron chi connectivity index (χ0n) is 9.19. The lowest BCUT2D eigenvalue weighted by atomic mass is 10.1. The molecule has 17 heavy (non-hydrogen) atoms. The maximum atomic E-state index is 5.84. The highest BCUT2D eigenvalue weighted by molar-refractivity contribution is 7.89. The van der Waals surface area contributed by atoms with Crippen LogP contribution in [0.5, 0.6) is 0 Å². The first-order chi connectivity index (χ1) is 8.18. The quantitative estimate of drug-likeness (QED) is 0.612. The van der Waals surface area contributed by atoms with Crippen molar-refractivity contribution < 1.29 is 4.74 Å². The number of rotatable bonds is 2. The van der Waals surface area contributed by atoms with Crippen molar-refractivity contribution in [2.24, 2.45) is 0 Å². The van der Waals surface area contributed by atoms with Gasteiger partial charge in [-0.1, -0.05) is 48.2 Å². The average Bonchev–Trinajstić information content (AvgIpc) is 2.39. The number of halogens is 1. The Hall–Kier alpha value is -0.550. The van der Waals surface area contributed by atoms with E-state index >= 15 is 0 Å². The second kappa shape index (κ2) is 5.87. The Balaban J connectivity index is 2.08. The van der Waals surface area contributed by atoms with Gasteiger partial charge >= 0.3 is 0 Å². The predicted molar refractivity (Wildman–Crippen MR) is 78.1 cm³/mol. The third kappa shape index (κ3) is 3.22. The average molecular weight is 286 g/mol. The molecule has 1 saturated heterocycles. The summed E-state index contributed by atoms with van der Waals surface area (Å²) in [5.74, 6) is 0. The molecule has 1 aromatic rings. The van der Waals surface area contributed by atoms with E-state index in [1.165, 1.54) is 0 Å². The van der Waals surface area contributed by atoms with Crippen molar-refractivity contribution in [2.45, 2.75) is 0 Å². The summed E-state index contributed by atoms with van der Waals surface area (Å²) in [6, 6.07) is 7.45. The van der Waals surface area contributed by atoms with Crippen LogP contribution in [0.3, 0.4) is 0 Å². The summed E-state index contributed by atoms with van der Waals surface area (Å²) in [4.78, 5) is 3.53. The van der Waals surface area contributed by atoms with Gasteiger partial charge in [0.15, 0.2) is 0 Å². The fraction of sp³-hybridized carbons (Fsp3) is 0.333. The molecule has 0 amide bonds. The molecule has 5 heteroatoms. The largest absolute Gasteiger partial charge is 0.378 e. The van der Waals surface area contributed by atoms with E-state index in [0.717, 1.165) is 23.6 Å². The van der Waals surface area contributed by atoms with Gasteiger partial charge in [0.1, 0.15) is 4.99 Å². The zero-order valence-corrected chi connectivity index (χ0v) is 11.6. The molecule has 0 aliphatic carbocycles. The van der Waals surface area contributed by atoms with E-state index in [2.05, 4.69) is 4.90 Å². The maximum Gasteiger partial charge on any atom is 0.120 e. The van der Waals surface area contributed by atoms with Gasteiger partial charge in [0.2, 0.25) is 0 Å². The normalized spacial score (nSPS) is 15.7. The molecule has 2 nitrogen and oxygen atoms in total. The smallest absolute Gasteiger partial charge is 0.120 e. The zero-order chi connectivity index (χ0) is 12.3. The highest BCUT2D eigenvalue weighted by Gasteiger charge is 2.17. The molecule has 0 unspecified atom stereocenters. The molecule has 90 valence electrons. The van der Waals surface area contributed by atoms with Crippen molar-refractivity contribution in [3.63, 3.8) is 0 Å². The minimum atomic E-state index is 0.703. The molecular formula is C12H12ClNOS2. The number of benzene rings is 1. The number of nitrogens with zero attached hydrogens (tertiary/aromatic N) is 1. The lowest BCUT2D eigenvalue weighted by Gasteiger charge is -2.29. The predicted octanol–water partition coefficient (Wildman–Crippen LogP) is 2.72. The van der Waals surface area contributed by atoms with Crippen molar-refractivity contribution in [1.82, 2.24) is 4.90 Å². The monoisotopic (exact) mass is 285 g/mol. The minimum Gasteiger partial charge on any atom is -0.378 e. The van der Waals surface area contributed by atoms with Crippen molar-refractivity contribution in [3.05, 3.63) is 34.9 Å². The molecule has 1 aromatic carbocycles. The highest BCUT2D eigenvalue weighted by atomic mass is 35.5. The van der Waals surface area contributed by atoms with E-state index < -0.39 is 0 Å². The molecule has 0 spiro atoms. The molecular weight excluding hydrogens is 274 g/mol. The molecule has 0 radical (unpaired) electrons. The van der Waals surface area contributed by atoms with Crippen LogP contribution in [0.25, 0.3) is 0 Å². The van der Waals surface area contributed by atoms with Gasteiger partial charge in [-0.15, -0.1) is 0 Å². The van der Waals surface area contributed by atoms with Crippen LogP contribution in [-0.2, 0) is 4.74 Å². The molecule has 0 N–H and O–H groups in total. The molecule has 1 aliphatic heterocycles. The van der Waals surface area contributed by atoms with Gasteiger partial charge in [0, 0.05) is 18.1 Å². The van der Waals surface area contributed by atoms with Gasteiger partial charge in [-0.05, 0) is 17.7 Å². The number of hydrogen-bond acceptors (Lipinski definition) is 3. The number of thiocarbonyl (C=S) groups is 2. The van der Waals surface area contributed by atoms with Crippen LogP contribution in [0.2, 0.25) is 5.02 Å². The number of morpholine rings is 1. The fourth-order valence-corrected chi connectivity index (χ4v) is 2.33. The molecule has 1 fully saturated rings. The van der Waals surface area contributed by atoms with Crippen LogP contribution >= 0.6 is 36.0 Å². The Morgan fingerprint density at radius 2 is 1.71 bits per heavy atom. The van der Waals surface area contributed by atoms with Gasteiger partial charge in [-0.25, -0.2) is 0 Å². The van der Waals surface area contributed by atoms with E-state index in [9.17, 15) is 0 Å². The number of ether oxygens (including phenoxy) is 1. The molecule has 1 heterocycles. The summed E-state index contributed by atoms with van der Waals surface area (Å²) in [5, 5.41) is 0.703. The summed E-state index contributed by atoms with van der Waals surface area (Å²) in [6.07, 6.45) is 0. The molecule has 0 atom stereocenters. The first-order valence-corrected chi connectivity index (χ1v) is 6.55. The topological polar surface area (TPSA) is 12.5 Å². The summed E-state index contributed by atoms with van der Waals surface area (Å²) < 4.78 is 5.29. The Labute approximate surface area is 117 Å². The second-order valence-electron chi connectivity index (χ2n) is 3.74. The van der Waals surface area contributed by atoms with Crippen LogP contribution in [-0.4, -0.2) is 41.1 Å². The van der Waals surface area contributed by atoms with Crippen molar-refractivity contribution >= 4 is 45.9 Å². The van der Waals surface area contributed by atoms with Crippen molar-refractivity contribution in [2.75, 3.05) is 26.3 Å². The molecule has 2 rings (SSSR count). The van der Waals surface area contributed by atoms with Crippen LogP contribution in [0.15, 0.2) is 24.3 Å². The summed E-state index contributed by atoms with van der Waals surface area (Å²) >= 11 is 16.6. The summed E-state index contributed by atoms with van der Waals surface area (Å²) in [7, 11) is 0. The van der Waals surface area contributed by atoms with E-state index in [1.807, 2.05) is 24.3 Å². The molecule has 0 bridgehead atoms. The van der Waals surface area contributed by atoms with Gasteiger partial charge in [0.25, 0.3) is 0 Å². The van der Waals surface area contributed by atoms with E-state index in [0.29, 0.717) is 23.1 Å². The summed E-state index contributed by atoms with van der Waals surface area (Å²) in [6.45, 7) is 3.05. The lowest BCUT2D eigenvalue weighted by Crippen LogP contribution is -2.42. The van der Waals surface area contributed by atoms with Gasteiger partial charge < -0.3 is 9.64 Å². The Morgan fingerprint density at radius 1 is 1.12 bits per heavy atom. The maximum absolute atomic E-state index is 5.84. The lowest BCUT2D eigenvalue weighted by molar-refractivity contribution is 0.0698. The van der Waals surface area contributed by atoms with Gasteiger partial charge in [-0.3, -0.25) is 0 Å². The van der Waals surface area contributed by atoms with E-state index in [-0.39, 0.29) is 0 Å².